The number of pyridine rings is 1. The van der Waals surface area contributed by atoms with E-state index in [9.17, 15) is 0 Å². The lowest BCUT2D eigenvalue weighted by atomic mass is 10.1. The average Bonchev–Trinajstić information content (AvgIpc) is 2.68. The highest BCUT2D eigenvalue weighted by Gasteiger charge is 2.12. The Morgan fingerprint density at radius 2 is 2.25 bits per heavy atom. The first kappa shape index (κ1) is 11.5. The molecule has 0 spiro atoms. The molecular formula is C11H15BrN4. The molecule has 0 fully saturated rings. The molecule has 4 nitrogen and oxygen atoms in total. The van der Waals surface area contributed by atoms with E-state index in [0.717, 1.165) is 35.3 Å². The Bertz CT molecular complexity index is 480. The quantitative estimate of drug-likeness (QED) is 0.937. The predicted molar refractivity (Wildman–Crippen MR) is 67.4 cm³/mol. The van der Waals surface area contributed by atoms with Crippen LogP contribution in [0.25, 0.3) is 5.65 Å². The van der Waals surface area contributed by atoms with Crippen LogP contribution >= 0.6 is 15.9 Å². The molecule has 5 heteroatoms. The fourth-order valence-electron chi connectivity index (χ4n) is 1.77. The van der Waals surface area contributed by atoms with Crippen LogP contribution in [0.4, 0.5) is 0 Å². The van der Waals surface area contributed by atoms with Gasteiger partial charge in [0.2, 0.25) is 0 Å². The molecule has 0 saturated carbocycles. The Balaban J connectivity index is 2.33. The normalized spacial score (nSPS) is 13.2. The molecule has 2 N–H and O–H groups in total. The molecular weight excluding hydrogens is 268 g/mol. The van der Waals surface area contributed by atoms with Crippen LogP contribution in [0, 0.1) is 0 Å². The second kappa shape index (κ2) is 4.93. The Morgan fingerprint density at radius 1 is 1.44 bits per heavy atom. The molecule has 1 unspecified atom stereocenters. The van der Waals surface area contributed by atoms with E-state index in [2.05, 4.69) is 33.1 Å². The van der Waals surface area contributed by atoms with Crippen molar-refractivity contribution in [3.8, 4) is 0 Å². The number of halogens is 1. The fraction of sp³-hybridized carbons (Fsp3) is 0.455. The van der Waals surface area contributed by atoms with Crippen LogP contribution in [0.5, 0.6) is 0 Å². The van der Waals surface area contributed by atoms with Crippen LogP contribution in [0.1, 0.15) is 31.5 Å². The Kier molecular flexibility index (Phi) is 3.56. The summed E-state index contributed by atoms with van der Waals surface area (Å²) < 4.78 is 3.07. The minimum Gasteiger partial charge on any atom is -0.330 e. The molecule has 0 aliphatic rings. The van der Waals surface area contributed by atoms with E-state index in [4.69, 9.17) is 5.73 Å². The molecule has 16 heavy (non-hydrogen) atoms. The van der Waals surface area contributed by atoms with E-state index in [1.165, 1.54) is 0 Å². The maximum absolute atomic E-state index is 5.52. The van der Waals surface area contributed by atoms with E-state index in [1.54, 1.807) is 0 Å². The highest BCUT2D eigenvalue weighted by molar-refractivity contribution is 9.10. The van der Waals surface area contributed by atoms with Crippen molar-refractivity contribution in [1.29, 1.82) is 0 Å². The molecule has 1 atom stereocenters. The summed E-state index contributed by atoms with van der Waals surface area (Å²) in [4.78, 5) is 0. The number of hydrogen-bond acceptors (Lipinski definition) is 3. The second-order valence-corrected chi connectivity index (χ2v) is 4.88. The third kappa shape index (κ3) is 2.25. The third-order valence-corrected chi connectivity index (χ3v) is 3.14. The van der Waals surface area contributed by atoms with Crippen molar-refractivity contribution in [3.63, 3.8) is 0 Å². The predicted octanol–water partition coefficient (Wildman–Crippen LogP) is 2.33. The highest BCUT2D eigenvalue weighted by Crippen LogP contribution is 2.20. The molecule has 2 heterocycles. The summed E-state index contributed by atoms with van der Waals surface area (Å²) in [5.74, 6) is 1.39. The first-order valence-electron chi connectivity index (χ1n) is 5.42. The zero-order valence-electron chi connectivity index (χ0n) is 9.23. The number of aromatic nitrogens is 3. The molecule has 0 saturated heterocycles. The largest absolute Gasteiger partial charge is 0.330 e. The van der Waals surface area contributed by atoms with Gasteiger partial charge in [0.25, 0.3) is 0 Å². The molecule has 86 valence electrons. The Labute approximate surface area is 103 Å². The third-order valence-electron chi connectivity index (χ3n) is 2.67. The lowest BCUT2D eigenvalue weighted by Gasteiger charge is -2.08. The van der Waals surface area contributed by atoms with E-state index in [0.29, 0.717) is 5.92 Å². The van der Waals surface area contributed by atoms with Crippen LogP contribution in [-0.4, -0.2) is 21.1 Å². The lowest BCUT2D eigenvalue weighted by molar-refractivity contribution is 0.603. The van der Waals surface area contributed by atoms with Crippen molar-refractivity contribution in [2.75, 3.05) is 6.54 Å². The van der Waals surface area contributed by atoms with Crippen LogP contribution in [0.15, 0.2) is 22.8 Å². The second-order valence-electron chi connectivity index (χ2n) is 3.97. The Hall–Kier alpha value is -0.940. The van der Waals surface area contributed by atoms with Gasteiger partial charge in [-0.05, 0) is 47.4 Å². The van der Waals surface area contributed by atoms with Crippen LogP contribution in [-0.2, 0) is 0 Å². The zero-order valence-corrected chi connectivity index (χ0v) is 10.8. The van der Waals surface area contributed by atoms with Gasteiger partial charge in [0.1, 0.15) is 5.82 Å². The molecule has 0 aliphatic heterocycles. The van der Waals surface area contributed by atoms with Crippen LogP contribution < -0.4 is 5.73 Å². The van der Waals surface area contributed by atoms with Gasteiger partial charge in [-0.25, -0.2) is 0 Å². The maximum Gasteiger partial charge on any atom is 0.160 e. The van der Waals surface area contributed by atoms with E-state index in [-0.39, 0.29) is 0 Å². The first-order valence-corrected chi connectivity index (χ1v) is 6.22. The topological polar surface area (TPSA) is 56.2 Å². The van der Waals surface area contributed by atoms with Crippen LogP contribution in [0.2, 0.25) is 0 Å². The van der Waals surface area contributed by atoms with Gasteiger partial charge < -0.3 is 5.73 Å². The Morgan fingerprint density at radius 3 is 3.00 bits per heavy atom. The minimum absolute atomic E-state index is 0.382. The number of nitrogens with two attached hydrogens (primary N) is 1. The van der Waals surface area contributed by atoms with Gasteiger partial charge >= 0.3 is 0 Å². The summed E-state index contributed by atoms with van der Waals surface area (Å²) in [7, 11) is 0. The van der Waals surface area contributed by atoms with Gasteiger partial charge in [0.05, 0.1) is 0 Å². The summed E-state index contributed by atoms with van der Waals surface area (Å²) >= 11 is 3.46. The van der Waals surface area contributed by atoms with E-state index in [1.807, 2.05) is 22.7 Å². The molecule has 2 rings (SSSR count). The van der Waals surface area contributed by atoms with Gasteiger partial charge in [-0.3, -0.25) is 4.40 Å². The monoisotopic (exact) mass is 282 g/mol. The van der Waals surface area contributed by atoms with Crippen molar-refractivity contribution in [3.05, 3.63) is 28.6 Å². The SMILES string of the molecule is CC(CCCN)c1nnc2ccc(Br)cn12. The van der Waals surface area contributed by atoms with Crippen molar-refractivity contribution in [2.45, 2.75) is 25.7 Å². The fourth-order valence-corrected chi connectivity index (χ4v) is 2.11. The van der Waals surface area contributed by atoms with Crippen molar-refractivity contribution < 1.29 is 0 Å². The van der Waals surface area contributed by atoms with Crippen molar-refractivity contribution >= 4 is 21.6 Å². The zero-order chi connectivity index (χ0) is 11.5. The minimum atomic E-state index is 0.382. The van der Waals surface area contributed by atoms with Crippen molar-refractivity contribution in [2.24, 2.45) is 5.73 Å². The molecule has 0 radical (unpaired) electrons. The number of nitrogens with zero attached hydrogens (tertiary/aromatic N) is 3. The smallest absolute Gasteiger partial charge is 0.160 e. The average molecular weight is 283 g/mol. The molecule has 2 aromatic heterocycles. The summed E-state index contributed by atoms with van der Waals surface area (Å²) in [5.41, 5.74) is 6.40. The summed E-state index contributed by atoms with van der Waals surface area (Å²) in [5, 5.41) is 8.39. The van der Waals surface area contributed by atoms with E-state index < -0.39 is 0 Å². The molecule has 0 bridgehead atoms. The molecule has 2 aromatic rings. The maximum atomic E-state index is 5.52. The van der Waals surface area contributed by atoms with Crippen LogP contribution in [0.3, 0.4) is 0 Å². The van der Waals surface area contributed by atoms with Gasteiger partial charge in [0, 0.05) is 16.6 Å². The standard InChI is InChI=1S/C11H15BrN4/c1-8(3-2-6-13)11-15-14-10-5-4-9(12)7-16(10)11/h4-5,7-8H,2-3,6,13H2,1H3. The highest BCUT2D eigenvalue weighted by atomic mass is 79.9. The van der Waals surface area contributed by atoms with Gasteiger partial charge in [0.15, 0.2) is 5.65 Å². The molecule has 0 aliphatic carbocycles. The van der Waals surface area contributed by atoms with Gasteiger partial charge in [-0.1, -0.05) is 6.92 Å². The number of rotatable bonds is 4. The lowest BCUT2D eigenvalue weighted by Crippen LogP contribution is -2.05. The van der Waals surface area contributed by atoms with Crippen molar-refractivity contribution in [1.82, 2.24) is 14.6 Å². The number of fused-ring (bicyclic) bond motifs is 1. The molecule has 0 aromatic carbocycles. The molecule has 0 amide bonds. The summed E-state index contributed by atoms with van der Waals surface area (Å²) in [6.45, 7) is 2.89. The number of hydrogen-bond donors (Lipinski definition) is 1. The van der Waals surface area contributed by atoms with Gasteiger partial charge in [-0.15, -0.1) is 10.2 Å². The van der Waals surface area contributed by atoms with E-state index >= 15 is 0 Å². The summed E-state index contributed by atoms with van der Waals surface area (Å²) in [6, 6.07) is 3.93. The summed E-state index contributed by atoms with van der Waals surface area (Å²) in [6.07, 6.45) is 4.07. The first-order chi connectivity index (χ1) is 7.72. The van der Waals surface area contributed by atoms with Gasteiger partial charge in [-0.2, -0.15) is 0 Å².